The van der Waals surface area contributed by atoms with E-state index in [1.165, 1.54) is 12.0 Å². The number of carbonyl (C=O) groups is 1. The summed E-state index contributed by atoms with van der Waals surface area (Å²) in [5.41, 5.74) is 1.28. The molecule has 1 aromatic carbocycles. The molecule has 1 saturated heterocycles. The number of nitrogens with one attached hydrogen (secondary N) is 1. The van der Waals surface area contributed by atoms with Gasteiger partial charge in [-0.15, -0.1) is 0 Å². The summed E-state index contributed by atoms with van der Waals surface area (Å²) in [4.78, 5) is 13.7. The molecule has 1 aromatic rings. The number of benzene rings is 1. The fraction of sp³-hybridized carbons (Fsp3) is 0.650. The normalized spacial score (nSPS) is 29.6. The first kappa shape index (κ1) is 16.9. The lowest BCUT2D eigenvalue weighted by Crippen LogP contribution is -2.49. The fourth-order valence-electron chi connectivity index (χ4n) is 4.28. The SMILES string of the molecule is CN(C)C(=O)[C@@H]1CC[C@@H](CN[C@@H]2CC3(CCC3)Oc3ccccc32)O1. The van der Waals surface area contributed by atoms with E-state index >= 15 is 0 Å². The molecule has 0 bridgehead atoms. The van der Waals surface area contributed by atoms with Gasteiger partial charge in [0.15, 0.2) is 0 Å². The number of carbonyl (C=O) groups excluding carboxylic acids is 1. The number of amides is 1. The molecule has 3 atom stereocenters. The van der Waals surface area contributed by atoms with Crippen molar-refractivity contribution in [3.8, 4) is 5.75 Å². The fourth-order valence-corrected chi connectivity index (χ4v) is 4.28. The Bertz CT molecular complexity index is 642. The van der Waals surface area contributed by atoms with Crippen LogP contribution in [0.5, 0.6) is 5.75 Å². The smallest absolute Gasteiger partial charge is 0.251 e. The van der Waals surface area contributed by atoms with Crippen molar-refractivity contribution >= 4 is 5.91 Å². The van der Waals surface area contributed by atoms with Crippen molar-refractivity contribution in [1.82, 2.24) is 10.2 Å². The van der Waals surface area contributed by atoms with E-state index in [2.05, 4.69) is 23.5 Å². The molecule has 2 fully saturated rings. The van der Waals surface area contributed by atoms with Gasteiger partial charge < -0.3 is 19.7 Å². The summed E-state index contributed by atoms with van der Waals surface area (Å²) in [6, 6.07) is 8.67. The van der Waals surface area contributed by atoms with E-state index in [1.807, 2.05) is 6.07 Å². The van der Waals surface area contributed by atoms with Crippen LogP contribution in [-0.2, 0) is 9.53 Å². The summed E-state index contributed by atoms with van der Waals surface area (Å²) in [7, 11) is 3.57. The lowest BCUT2D eigenvalue weighted by molar-refractivity contribution is -0.140. The van der Waals surface area contributed by atoms with Crippen LogP contribution in [0.4, 0.5) is 0 Å². The largest absolute Gasteiger partial charge is 0.487 e. The molecule has 4 rings (SSSR count). The lowest BCUT2D eigenvalue weighted by Gasteiger charge is -2.48. The maximum absolute atomic E-state index is 12.1. The second-order valence-corrected chi connectivity index (χ2v) is 7.90. The van der Waals surface area contributed by atoms with Crippen LogP contribution in [0.3, 0.4) is 0 Å². The van der Waals surface area contributed by atoms with Crippen LogP contribution in [0.2, 0.25) is 0 Å². The van der Waals surface area contributed by atoms with Crippen molar-refractivity contribution in [2.24, 2.45) is 0 Å². The molecule has 0 aromatic heterocycles. The second kappa shape index (κ2) is 6.61. The molecule has 5 nitrogen and oxygen atoms in total. The molecule has 0 unspecified atom stereocenters. The van der Waals surface area contributed by atoms with E-state index in [-0.39, 0.29) is 23.7 Å². The second-order valence-electron chi connectivity index (χ2n) is 7.90. The van der Waals surface area contributed by atoms with Crippen LogP contribution < -0.4 is 10.1 Å². The summed E-state index contributed by atoms with van der Waals surface area (Å²) < 4.78 is 12.3. The summed E-state index contributed by atoms with van der Waals surface area (Å²) in [5.74, 6) is 1.10. The Labute approximate surface area is 149 Å². The van der Waals surface area contributed by atoms with Gasteiger partial charge in [-0.05, 0) is 38.2 Å². The first-order chi connectivity index (χ1) is 12.1. The van der Waals surface area contributed by atoms with Crippen LogP contribution in [0.1, 0.15) is 50.1 Å². The Hall–Kier alpha value is -1.59. The van der Waals surface area contributed by atoms with Crippen molar-refractivity contribution in [3.05, 3.63) is 29.8 Å². The number of ether oxygens (including phenoxy) is 2. The Morgan fingerprint density at radius 3 is 2.80 bits per heavy atom. The maximum atomic E-state index is 12.1. The minimum atomic E-state index is -0.276. The summed E-state index contributed by atoms with van der Waals surface area (Å²) in [6.45, 7) is 0.784. The van der Waals surface area contributed by atoms with E-state index in [0.717, 1.165) is 44.4 Å². The molecule has 1 saturated carbocycles. The van der Waals surface area contributed by atoms with Crippen LogP contribution >= 0.6 is 0 Å². The standard InChI is InChI=1S/C20H28N2O3/c1-22(2)19(23)18-9-8-14(24-18)13-21-16-12-20(10-5-11-20)25-17-7-4-3-6-15(16)17/h3-4,6-7,14,16,18,21H,5,8-13H2,1-2H3/t14-,16+,18-/m0/s1. The molecule has 2 aliphatic heterocycles. The van der Waals surface area contributed by atoms with Crippen molar-refractivity contribution in [3.63, 3.8) is 0 Å². The summed E-state index contributed by atoms with van der Waals surface area (Å²) in [6.07, 6.45) is 6.18. The highest BCUT2D eigenvalue weighted by Gasteiger charge is 2.45. The first-order valence-corrected chi connectivity index (χ1v) is 9.44. The zero-order chi connectivity index (χ0) is 17.4. The molecular formula is C20H28N2O3. The number of rotatable bonds is 4. The molecule has 3 aliphatic rings. The van der Waals surface area contributed by atoms with Crippen molar-refractivity contribution in [1.29, 1.82) is 0 Å². The summed E-state index contributed by atoms with van der Waals surface area (Å²) >= 11 is 0. The minimum absolute atomic E-state index is 0.0337. The van der Waals surface area contributed by atoms with E-state index in [9.17, 15) is 4.79 Å². The molecule has 1 N–H and O–H groups in total. The predicted molar refractivity (Wildman–Crippen MR) is 95.6 cm³/mol. The van der Waals surface area contributed by atoms with Crippen LogP contribution in [0.15, 0.2) is 24.3 Å². The topological polar surface area (TPSA) is 50.8 Å². The molecular weight excluding hydrogens is 316 g/mol. The van der Waals surface area contributed by atoms with Crippen molar-refractivity contribution in [2.45, 2.75) is 62.4 Å². The van der Waals surface area contributed by atoms with Gasteiger partial charge in [-0.1, -0.05) is 18.2 Å². The van der Waals surface area contributed by atoms with Crippen molar-refractivity contribution in [2.75, 3.05) is 20.6 Å². The Morgan fingerprint density at radius 2 is 2.08 bits per heavy atom. The lowest BCUT2D eigenvalue weighted by atomic mass is 9.73. The van der Waals surface area contributed by atoms with E-state index in [1.54, 1.807) is 19.0 Å². The number of nitrogens with zero attached hydrogens (tertiary/aromatic N) is 1. The maximum Gasteiger partial charge on any atom is 0.251 e. The van der Waals surface area contributed by atoms with Gasteiger partial charge in [0.25, 0.3) is 5.91 Å². The zero-order valence-electron chi connectivity index (χ0n) is 15.2. The van der Waals surface area contributed by atoms with Crippen LogP contribution in [0.25, 0.3) is 0 Å². The Balaban J connectivity index is 1.39. The molecule has 1 spiro atoms. The highest BCUT2D eigenvalue weighted by molar-refractivity contribution is 5.80. The molecule has 5 heteroatoms. The van der Waals surface area contributed by atoms with E-state index in [0.29, 0.717) is 6.04 Å². The average Bonchev–Trinajstić information content (AvgIpc) is 3.06. The van der Waals surface area contributed by atoms with Crippen molar-refractivity contribution < 1.29 is 14.3 Å². The van der Waals surface area contributed by atoms with Gasteiger partial charge in [-0.25, -0.2) is 0 Å². The zero-order valence-corrected chi connectivity index (χ0v) is 15.2. The van der Waals surface area contributed by atoms with Gasteiger partial charge in [-0.3, -0.25) is 4.79 Å². The van der Waals surface area contributed by atoms with Gasteiger partial charge in [0.2, 0.25) is 0 Å². The van der Waals surface area contributed by atoms with Gasteiger partial charge in [-0.2, -0.15) is 0 Å². The first-order valence-electron chi connectivity index (χ1n) is 9.44. The number of likely N-dealkylation sites (N-methyl/N-ethyl adjacent to an activating group) is 1. The third kappa shape index (κ3) is 3.27. The van der Waals surface area contributed by atoms with Gasteiger partial charge in [0, 0.05) is 38.7 Å². The number of hydrogen-bond acceptors (Lipinski definition) is 4. The van der Waals surface area contributed by atoms with E-state index in [4.69, 9.17) is 9.47 Å². The minimum Gasteiger partial charge on any atom is -0.487 e. The third-order valence-corrected chi connectivity index (χ3v) is 5.88. The number of para-hydroxylation sites is 1. The van der Waals surface area contributed by atoms with Crippen LogP contribution in [-0.4, -0.2) is 49.3 Å². The number of hydrogen-bond donors (Lipinski definition) is 1. The molecule has 136 valence electrons. The van der Waals surface area contributed by atoms with Gasteiger partial charge in [0.05, 0.1) is 6.10 Å². The molecule has 0 radical (unpaired) electrons. The number of fused-ring (bicyclic) bond motifs is 1. The monoisotopic (exact) mass is 344 g/mol. The Morgan fingerprint density at radius 1 is 1.28 bits per heavy atom. The third-order valence-electron chi connectivity index (χ3n) is 5.88. The van der Waals surface area contributed by atoms with Crippen LogP contribution in [0, 0.1) is 0 Å². The quantitative estimate of drug-likeness (QED) is 0.912. The molecule has 2 heterocycles. The summed E-state index contributed by atoms with van der Waals surface area (Å²) in [5, 5.41) is 3.70. The molecule has 25 heavy (non-hydrogen) atoms. The molecule has 1 aliphatic carbocycles. The highest BCUT2D eigenvalue weighted by Crippen LogP contribution is 2.48. The van der Waals surface area contributed by atoms with Gasteiger partial charge in [0.1, 0.15) is 17.5 Å². The Kier molecular flexibility index (Phi) is 4.46. The molecule has 1 amide bonds. The van der Waals surface area contributed by atoms with E-state index < -0.39 is 0 Å². The predicted octanol–water partition coefficient (Wildman–Crippen LogP) is 2.66. The van der Waals surface area contributed by atoms with Gasteiger partial charge >= 0.3 is 0 Å². The highest BCUT2D eigenvalue weighted by atomic mass is 16.5. The average molecular weight is 344 g/mol.